The van der Waals surface area contributed by atoms with Crippen LogP contribution in [0.5, 0.6) is 0 Å². The number of nitrogens with one attached hydrogen (secondary N) is 2. The molecule has 27 heavy (non-hydrogen) atoms. The van der Waals surface area contributed by atoms with E-state index in [1.807, 2.05) is 0 Å². The van der Waals surface area contributed by atoms with E-state index >= 15 is 0 Å². The van der Waals surface area contributed by atoms with Gasteiger partial charge < -0.3 is 29.6 Å². The lowest BCUT2D eigenvalue weighted by molar-refractivity contribution is -0.128. The molecule has 162 valence electrons. The van der Waals surface area contributed by atoms with Gasteiger partial charge in [0.1, 0.15) is 6.17 Å². The Morgan fingerprint density at radius 1 is 0.889 bits per heavy atom. The molecule has 0 aromatic rings. The highest BCUT2D eigenvalue weighted by atomic mass is 19.1. The van der Waals surface area contributed by atoms with Crippen LogP contribution in [0.2, 0.25) is 0 Å². The molecular formula is C19H39FN2O5. The van der Waals surface area contributed by atoms with Gasteiger partial charge in [0.25, 0.3) is 0 Å². The number of hydrogen-bond acceptors (Lipinski definition) is 6. The van der Waals surface area contributed by atoms with E-state index in [0.29, 0.717) is 52.3 Å². The molecule has 0 spiro atoms. The lowest BCUT2D eigenvalue weighted by Crippen LogP contribution is -2.39. The number of carbonyl (C=O) groups excluding carboxylic acids is 1. The van der Waals surface area contributed by atoms with Crippen LogP contribution in [0.4, 0.5) is 4.39 Å². The molecule has 0 saturated carbocycles. The molecular weight excluding hydrogens is 355 g/mol. The summed E-state index contributed by atoms with van der Waals surface area (Å²) in [5, 5.41) is 5.83. The van der Waals surface area contributed by atoms with Crippen LogP contribution < -0.4 is 10.6 Å². The molecule has 0 aliphatic rings. The fourth-order valence-electron chi connectivity index (χ4n) is 1.82. The maximum atomic E-state index is 13.6. The first-order valence-corrected chi connectivity index (χ1v) is 9.70. The van der Waals surface area contributed by atoms with Gasteiger partial charge in [0.2, 0.25) is 5.91 Å². The minimum atomic E-state index is -1.23. The zero-order valence-electron chi connectivity index (χ0n) is 17.6. The lowest BCUT2D eigenvalue weighted by Gasteiger charge is -2.18. The van der Waals surface area contributed by atoms with E-state index in [-0.39, 0.29) is 19.1 Å². The van der Waals surface area contributed by atoms with Gasteiger partial charge in [0.15, 0.2) is 0 Å². The van der Waals surface area contributed by atoms with Crippen molar-refractivity contribution in [1.29, 1.82) is 0 Å². The Kier molecular flexibility index (Phi) is 15.7. The molecule has 0 aromatic heterocycles. The van der Waals surface area contributed by atoms with Crippen LogP contribution >= 0.6 is 0 Å². The molecule has 1 amide bonds. The molecule has 0 aliphatic heterocycles. The monoisotopic (exact) mass is 394 g/mol. The maximum absolute atomic E-state index is 13.6. The molecule has 0 radical (unpaired) electrons. The molecule has 8 heteroatoms. The molecule has 0 fully saturated rings. The van der Waals surface area contributed by atoms with Crippen molar-refractivity contribution >= 4 is 5.91 Å². The van der Waals surface area contributed by atoms with E-state index in [0.717, 1.165) is 6.54 Å². The highest BCUT2D eigenvalue weighted by molar-refractivity contribution is 5.81. The summed E-state index contributed by atoms with van der Waals surface area (Å²) in [6, 6.07) is 0.469. The highest BCUT2D eigenvalue weighted by Gasteiger charge is 2.21. The topological polar surface area (TPSA) is 78.1 Å². The average molecular weight is 395 g/mol. The molecule has 1 atom stereocenters. The average Bonchev–Trinajstić information content (AvgIpc) is 2.58. The van der Waals surface area contributed by atoms with Crippen molar-refractivity contribution < 1.29 is 28.1 Å². The second kappa shape index (κ2) is 16.2. The fraction of sp³-hybridized carbons (Fsp3) is 0.947. The predicted molar refractivity (Wildman–Crippen MR) is 104 cm³/mol. The minimum absolute atomic E-state index is 0.0413. The summed E-state index contributed by atoms with van der Waals surface area (Å²) in [7, 11) is 0. The van der Waals surface area contributed by atoms with Gasteiger partial charge in [-0.15, -0.1) is 0 Å². The first kappa shape index (κ1) is 26.2. The summed E-state index contributed by atoms with van der Waals surface area (Å²) in [6.45, 7) is 13.7. The number of rotatable bonds is 17. The van der Waals surface area contributed by atoms with Crippen LogP contribution in [0.25, 0.3) is 0 Å². The zero-order valence-corrected chi connectivity index (χ0v) is 17.6. The van der Waals surface area contributed by atoms with Crippen molar-refractivity contribution in [1.82, 2.24) is 10.6 Å². The van der Waals surface area contributed by atoms with Crippen molar-refractivity contribution in [2.45, 2.75) is 46.8 Å². The first-order chi connectivity index (χ1) is 12.7. The standard InChI is InChI=1S/C19H39FN2O5/c1-16(2)21-6-7-24-8-9-25-10-11-26-12-13-27-15-17(20)14-22-18(23)19(3,4)5/h16-17,21H,6-15H2,1-5H3,(H,22,23). The number of alkyl halides is 1. The molecule has 0 saturated heterocycles. The lowest BCUT2D eigenvalue weighted by atomic mass is 9.96. The summed E-state index contributed by atoms with van der Waals surface area (Å²) in [6.07, 6.45) is -1.23. The van der Waals surface area contributed by atoms with E-state index < -0.39 is 11.6 Å². The third-order valence-corrected chi connectivity index (χ3v) is 3.38. The number of halogens is 1. The fourth-order valence-corrected chi connectivity index (χ4v) is 1.82. The van der Waals surface area contributed by atoms with E-state index in [9.17, 15) is 9.18 Å². The molecule has 0 bridgehead atoms. The second-order valence-electron chi connectivity index (χ2n) is 7.58. The van der Waals surface area contributed by atoms with E-state index in [2.05, 4.69) is 24.5 Å². The van der Waals surface area contributed by atoms with Gasteiger partial charge in [-0.25, -0.2) is 4.39 Å². The van der Waals surface area contributed by atoms with Gasteiger partial charge in [-0.3, -0.25) is 4.79 Å². The third kappa shape index (κ3) is 18.3. The summed E-state index contributed by atoms with van der Waals surface area (Å²) in [5.74, 6) is -0.175. The van der Waals surface area contributed by atoms with E-state index in [1.54, 1.807) is 20.8 Å². The quantitative estimate of drug-likeness (QED) is 0.365. The summed E-state index contributed by atoms with van der Waals surface area (Å²) in [4.78, 5) is 11.6. The van der Waals surface area contributed by atoms with Gasteiger partial charge >= 0.3 is 0 Å². The third-order valence-electron chi connectivity index (χ3n) is 3.38. The molecule has 0 rings (SSSR count). The van der Waals surface area contributed by atoms with Crippen molar-refractivity contribution in [3.8, 4) is 0 Å². The highest BCUT2D eigenvalue weighted by Crippen LogP contribution is 2.12. The van der Waals surface area contributed by atoms with Gasteiger partial charge in [0.05, 0.1) is 59.4 Å². The van der Waals surface area contributed by atoms with Crippen LogP contribution in [0.1, 0.15) is 34.6 Å². The number of carbonyl (C=O) groups is 1. The Morgan fingerprint density at radius 2 is 1.37 bits per heavy atom. The van der Waals surface area contributed by atoms with Crippen LogP contribution in [0.15, 0.2) is 0 Å². The van der Waals surface area contributed by atoms with E-state index in [4.69, 9.17) is 18.9 Å². The predicted octanol–water partition coefficient (Wildman–Crippen LogP) is 1.55. The van der Waals surface area contributed by atoms with Gasteiger partial charge in [-0.2, -0.15) is 0 Å². The number of amides is 1. The van der Waals surface area contributed by atoms with Gasteiger partial charge in [-0.05, 0) is 0 Å². The smallest absolute Gasteiger partial charge is 0.225 e. The van der Waals surface area contributed by atoms with Crippen LogP contribution in [-0.2, 0) is 23.7 Å². The van der Waals surface area contributed by atoms with Crippen molar-refractivity contribution in [3.05, 3.63) is 0 Å². The first-order valence-electron chi connectivity index (χ1n) is 9.70. The Morgan fingerprint density at radius 3 is 1.85 bits per heavy atom. The number of ether oxygens (including phenoxy) is 4. The van der Waals surface area contributed by atoms with Crippen molar-refractivity contribution in [2.24, 2.45) is 5.41 Å². The summed E-state index contributed by atoms with van der Waals surface area (Å²) >= 11 is 0. The van der Waals surface area contributed by atoms with Crippen molar-refractivity contribution in [3.63, 3.8) is 0 Å². The summed E-state index contributed by atoms with van der Waals surface area (Å²) < 4.78 is 34.9. The Labute approximate surface area is 163 Å². The molecule has 0 heterocycles. The zero-order chi connectivity index (χ0) is 20.5. The Bertz CT molecular complexity index is 364. The van der Waals surface area contributed by atoms with Gasteiger partial charge in [0, 0.05) is 18.0 Å². The molecule has 1 unspecified atom stereocenters. The molecule has 7 nitrogen and oxygen atoms in total. The minimum Gasteiger partial charge on any atom is -0.378 e. The van der Waals surface area contributed by atoms with E-state index in [1.165, 1.54) is 0 Å². The van der Waals surface area contributed by atoms with Crippen LogP contribution in [0, 0.1) is 5.41 Å². The van der Waals surface area contributed by atoms with Gasteiger partial charge in [-0.1, -0.05) is 34.6 Å². The largest absolute Gasteiger partial charge is 0.378 e. The van der Waals surface area contributed by atoms with Crippen LogP contribution in [-0.4, -0.2) is 84.1 Å². The Hall–Kier alpha value is -0.800. The molecule has 0 aliphatic carbocycles. The Balaban J connectivity index is 3.28. The maximum Gasteiger partial charge on any atom is 0.225 e. The van der Waals surface area contributed by atoms with Crippen LogP contribution in [0.3, 0.4) is 0 Å². The SMILES string of the molecule is CC(C)NCCOCCOCCOCCOCC(F)CNC(=O)C(C)(C)C. The molecule has 2 N–H and O–H groups in total. The second-order valence-corrected chi connectivity index (χ2v) is 7.58. The number of hydrogen-bond donors (Lipinski definition) is 2. The summed E-state index contributed by atoms with van der Waals surface area (Å²) in [5.41, 5.74) is -0.520. The molecule has 0 aromatic carbocycles. The van der Waals surface area contributed by atoms with Crippen molar-refractivity contribution in [2.75, 3.05) is 65.9 Å². The normalized spacial score (nSPS) is 13.1.